The van der Waals surface area contributed by atoms with Gasteiger partial charge in [0.15, 0.2) is 6.61 Å². The number of aryl methyl sites for hydroxylation is 2. The van der Waals surface area contributed by atoms with Crippen LogP contribution in [0.4, 0.5) is 5.69 Å². The second-order valence-corrected chi connectivity index (χ2v) is 9.21. The van der Waals surface area contributed by atoms with Crippen LogP contribution >= 0.6 is 0 Å². The molecule has 7 nitrogen and oxygen atoms in total. The van der Waals surface area contributed by atoms with Crippen LogP contribution < -0.4 is 5.32 Å². The van der Waals surface area contributed by atoms with Gasteiger partial charge in [0.1, 0.15) is 6.04 Å². The first-order chi connectivity index (χ1) is 13.6. The standard InChI is InChI=1S/C21H24N2O5S/c1-14-8-9-15(2)18(10-14)22-20(24)13-28-21(25)19-11-16-6-4-5-7-17(16)12-23(19)29(3,26)27/h4-10,19H,11-13H2,1-3H3,(H,22,24)/t19-/m0/s1. The number of carbonyl (C=O) groups excluding carboxylic acids is 2. The van der Waals surface area contributed by atoms with Gasteiger partial charge in [0, 0.05) is 18.7 Å². The Morgan fingerprint density at radius 1 is 1.14 bits per heavy atom. The van der Waals surface area contributed by atoms with Gasteiger partial charge in [-0.05, 0) is 42.2 Å². The number of amides is 1. The summed E-state index contributed by atoms with van der Waals surface area (Å²) in [7, 11) is -3.63. The first kappa shape index (κ1) is 21.0. The summed E-state index contributed by atoms with van der Waals surface area (Å²) in [4.78, 5) is 24.9. The Balaban J connectivity index is 1.68. The molecule has 0 bridgehead atoms. The normalized spacial score (nSPS) is 16.7. The lowest BCUT2D eigenvalue weighted by Gasteiger charge is -2.33. The molecule has 0 fully saturated rings. The SMILES string of the molecule is Cc1ccc(C)c(NC(=O)COC(=O)[C@@H]2Cc3ccccc3CN2S(C)(=O)=O)c1. The maximum Gasteiger partial charge on any atom is 0.325 e. The summed E-state index contributed by atoms with van der Waals surface area (Å²) in [6.45, 7) is 3.39. The van der Waals surface area contributed by atoms with Gasteiger partial charge in [-0.2, -0.15) is 4.31 Å². The number of carbonyl (C=O) groups is 2. The summed E-state index contributed by atoms with van der Waals surface area (Å²) >= 11 is 0. The Morgan fingerprint density at radius 3 is 2.52 bits per heavy atom. The van der Waals surface area contributed by atoms with Crippen LogP contribution in [0.15, 0.2) is 42.5 Å². The number of nitrogens with one attached hydrogen (secondary N) is 1. The van der Waals surface area contributed by atoms with Crippen LogP contribution in [-0.2, 0) is 37.3 Å². The fourth-order valence-electron chi connectivity index (χ4n) is 3.34. The maximum absolute atomic E-state index is 12.6. The largest absolute Gasteiger partial charge is 0.454 e. The van der Waals surface area contributed by atoms with E-state index in [0.717, 1.165) is 32.8 Å². The van der Waals surface area contributed by atoms with Crippen LogP contribution in [0.2, 0.25) is 0 Å². The van der Waals surface area contributed by atoms with Crippen LogP contribution in [0.25, 0.3) is 0 Å². The molecule has 1 heterocycles. The fraction of sp³-hybridized carbons (Fsp3) is 0.333. The highest BCUT2D eigenvalue weighted by atomic mass is 32.2. The average Bonchev–Trinajstić information content (AvgIpc) is 2.67. The van der Waals surface area contributed by atoms with Crippen molar-refractivity contribution < 1.29 is 22.7 Å². The van der Waals surface area contributed by atoms with Crippen molar-refractivity contribution in [2.24, 2.45) is 0 Å². The lowest BCUT2D eigenvalue weighted by atomic mass is 9.96. The highest BCUT2D eigenvalue weighted by Gasteiger charge is 2.38. The van der Waals surface area contributed by atoms with E-state index in [1.54, 1.807) is 0 Å². The first-order valence-corrected chi connectivity index (χ1v) is 11.1. The van der Waals surface area contributed by atoms with Gasteiger partial charge in [-0.3, -0.25) is 9.59 Å². The molecular formula is C21H24N2O5S. The second kappa shape index (κ2) is 8.34. The van der Waals surface area contributed by atoms with E-state index >= 15 is 0 Å². The summed E-state index contributed by atoms with van der Waals surface area (Å²) in [5.74, 6) is -1.21. The van der Waals surface area contributed by atoms with Crippen molar-refractivity contribution in [1.82, 2.24) is 4.31 Å². The minimum atomic E-state index is -3.63. The predicted molar refractivity (Wildman–Crippen MR) is 110 cm³/mol. The van der Waals surface area contributed by atoms with Crippen molar-refractivity contribution in [3.05, 3.63) is 64.7 Å². The van der Waals surface area contributed by atoms with Gasteiger partial charge in [0.05, 0.1) is 6.26 Å². The van der Waals surface area contributed by atoms with Crippen LogP contribution in [-0.4, -0.2) is 43.5 Å². The van der Waals surface area contributed by atoms with Crippen molar-refractivity contribution in [3.8, 4) is 0 Å². The summed E-state index contributed by atoms with van der Waals surface area (Å²) < 4.78 is 30.7. The minimum Gasteiger partial charge on any atom is -0.454 e. The van der Waals surface area contributed by atoms with E-state index < -0.39 is 34.5 Å². The molecule has 1 aliphatic heterocycles. The molecule has 29 heavy (non-hydrogen) atoms. The topological polar surface area (TPSA) is 92.8 Å². The molecule has 0 unspecified atom stereocenters. The van der Waals surface area contributed by atoms with E-state index in [1.165, 1.54) is 0 Å². The molecular weight excluding hydrogens is 392 g/mol. The zero-order valence-electron chi connectivity index (χ0n) is 16.6. The third-order valence-electron chi connectivity index (χ3n) is 4.92. The van der Waals surface area contributed by atoms with E-state index in [0.29, 0.717) is 5.69 Å². The molecule has 1 amide bonds. The molecule has 2 aromatic rings. The molecule has 0 saturated heterocycles. The number of sulfonamides is 1. The molecule has 2 aromatic carbocycles. The van der Waals surface area contributed by atoms with Crippen LogP contribution in [0.5, 0.6) is 0 Å². The van der Waals surface area contributed by atoms with Gasteiger partial charge in [0.25, 0.3) is 5.91 Å². The third kappa shape index (κ3) is 5.02. The first-order valence-electron chi connectivity index (χ1n) is 9.22. The zero-order valence-corrected chi connectivity index (χ0v) is 17.5. The summed E-state index contributed by atoms with van der Waals surface area (Å²) in [5, 5.41) is 2.72. The number of esters is 1. The number of hydrogen-bond acceptors (Lipinski definition) is 5. The number of ether oxygens (including phenoxy) is 1. The highest BCUT2D eigenvalue weighted by molar-refractivity contribution is 7.88. The zero-order chi connectivity index (χ0) is 21.2. The third-order valence-corrected chi connectivity index (χ3v) is 6.15. The Labute approximate surface area is 170 Å². The Bertz CT molecular complexity index is 1050. The number of rotatable bonds is 5. The second-order valence-electron chi connectivity index (χ2n) is 7.27. The van der Waals surface area contributed by atoms with E-state index in [1.807, 2.05) is 56.3 Å². The van der Waals surface area contributed by atoms with E-state index in [2.05, 4.69) is 5.32 Å². The smallest absolute Gasteiger partial charge is 0.325 e. The summed E-state index contributed by atoms with van der Waals surface area (Å²) in [6.07, 6.45) is 1.27. The quantitative estimate of drug-likeness (QED) is 0.754. The van der Waals surface area contributed by atoms with E-state index in [-0.39, 0.29) is 13.0 Å². The number of benzene rings is 2. The highest BCUT2D eigenvalue weighted by Crippen LogP contribution is 2.26. The van der Waals surface area contributed by atoms with Crippen molar-refractivity contribution in [2.45, 2.75) is 32.9 Å². The summed E-state index contributed by atoms with van der Waals surface area (Å²) in [5.41, 5.74) is 4.29. The molecule has 8 heteroatoms. The van der Waals surface area contributed by atoms with Crippen LogP contribution in [0, 0.1) is 13.8 Å². The molecule has 0 aromatic heterocycles. The van der Waals surface area contributed by atoms with Gasteiger partial charge in [0.2, 0.25) is 10.0 Å². The molecule has 0 aliphatic carbocycles. The van der Waals surface area contributed by atoms with Gasteiger partial charge >= 0.3 is 5.97 Å². The Morgan fingerprint density at radius 2 is 1.83 bits per heavy atom. The van der Waals surface area contributed by atoms with Crippen molar-refractivity contribution in [2.75, 3.05) is 18.2 Å². The Hall–Kier alpha value is -2.71. The molecule has 3 rings (SSSR count). The molecule has 154 valence electrons. The molecule has 0 radical (unpaired) electrons. The average molecular weight is 416 g/mol. The molecule has 1 N–H and O–H groups in total. The van der Waals surface area contributed by atoms with Gasteiger partial charge in [-0.15, -0.1) is 0 Å². The van der Waals surface area contributed by atoms with Crippen molar-refractivity contribution in [1.29, 1.82) is 0 Å². The monoisotopic (exact) mass is 416 g/mol. The molecule has 1 aliphatic rings. The van der Waals surface area contributed by atoms with E-state index in [9.17, 15) is 18.0 Å². The van der Waals surface area contributed by atoms with Crippen LogP contribution in [0.1, 0.15) is 22.3 Å². The van der Waals surface area contributed by atoms with Gasteiger partial charge in [-0.1, -0.05) is 36.4 Å². The van der Waals surface area contributed by atoms with Crippen molar-refractivity contribution in [3.63, 3.8) is 0 Å². The van der Waals surface area contributed by atoms with Gasteiger partial charge in [-0.25, -0.2) is 8.42 Å². The number of anilines is 1. The molecule has 0 spiro atoms. The predicted octanol–water partition coefficient (Wildman–Crippen LogP) is 2.17. The summed E-state index contributed by atoms with van der Waals surface area (Å²) in [6, 6.07) is 12.0. The fourth-order valence-corrected chi connectivity index (χ4v) is 4.33. The minimum absolute atomic E-state index is 0.101. The number of nitrogens with zero attached hydrogens (tertiary/aromatic N) is 1. The van der Waals surface area contributed by atoms with Crippen molar-refractivity contribution >= 4 is 27.6 Å². The van der Waals surface area contributed by atoms with Gasteiger partial charge < -0.3 is 10.1 Å². The number of fused-ring (bicyclic) bond motifs is 1. The number of hydrogen-bond donors (Lipinski definition) is 1. The molecule has 1 atom stereocenters. The maximum atomic E-state index is 12.6. The van der Waals surface area contributed by atoms with Crippen LogP contribution in [0.3, 0.4) is 0 Å². The Kier molecular flexibility index (Phi) is 6.04. The lowest BCUT2D eigenvalue weighted by molar-refractivity contribution is -0.151. The lowest BCUT2D eigenvalue weighted by Crippen LogP contribution is -2.49. The molecule has 0 saturated carbocycles. The van der Waals surface area contributed by atoms with E-state index in [4.69, 9.17) is 4.74 Å².